The summed E-state index contributed by atoms with van der Waals surface area (Å²) in [7, 11) is 0.468. The molecule has 0 saturated carbocycles. The lowest BCUT2D eigenvalue weighted by Gasteiger charge is -2.26. The van der Waals surface area contributed by atoms with Crippen molar-refractivity contribution in [2.45, 2.75) is 10.9 Å². The van der Waals surface area contributed by atoms with Crippen LogP contribution in [-0.2, 0) is 14.8 Å². The first-order valence-corrected chi connectivity index (χ1v) is 11.5. The Balaban J connectivity index is 1.71. The van der Waals surface area contributed by atoms with Crippen LogP contribution in [0.3, 0.4) is 0 Å². The van der Waals surface area contributed by atoms with E-state index in [1.165, 1.54) is 26.2 Å². The molecule has 1 amide bonds. The number of carbonyl (C=O) groups excluding carboxylic acids is 1. The van der Waals surface area contributed by atoms with Crippen molar-refractivity contribution in [1.29, 1.82) is 0 Å². The predicted octanol–water partition coefficient (Wildman–Crippen LogP) is 0.385. The molecule has 1 atom stereocenters. The zero-order chi connectivity index (χ0) is 20.1. The van der Waals surface area contributed by atoms with Crippen LogP contribution in [0.25, 0.3) is 0 Å². The molecule has 1 aliphatic rings. The summed E-state index contributed by atoms with van der Waals surface area (Å²) in [4.78, 5) is 15.2. The van der Waals surface area contributed by atoms with E-state index in [2.05, 4.69) is 11.4 Å². The second-order valence-corrected chi connectivity index (χ2v) is 9.82. The topological polar surface area (TPSA) is 80.2 Å². The summed E-state index contributed by atoms with van der Waals surface area (Å²) in [5.74, 6) is -0.276. The molecule has 28 heavy (non-hydrogen) atoms. The van der Waals surface area contributed by atoms with Gasteiger partial charge in [-0.3, -0.25) is 4.79 Å². The van der Waals surface area contributed by atoms with Gasteiger partial charge >= 0.3 is 0 Å². The third-order valence-corrected chi connectivity index (χ3v) is 7.63. The number of nitrogens with zero attached hydrogens (tertiary/aromatic N) is 1. The van der Waals surface area contributed by atoms with Crippen LogP contribution in [0.4, 0.5) is 0 Å². The van der Waals surface area contributed by atoms with E-state index in [4.69, 9.17) is 4.74 Å². The van der Waals surface area contributed by atoms with E-state index in [0.29, 0.717) is 38.4 Å². The summed E-state index contributed by atoms with van der Waals surface area (Å²) in [6.07, 6.45) is 0. The van der Waals surface area contributed by atoms with Crippen LogP contribution in [0, 0.1) is 0 Å². The maximum absolute atomic E-state index is 12.8. The number of benzene rings is 1. The summed E-state index contributed by atoms with van der Waals surface area (Å²) in [6.45, 7) is 1.90. The fraction of sp³-hybridized carbons (Fsp3) is 0.421. The number of nitrogens with one attached hydrogen (secondary N) is 2. The number of carbonyl (C=O) groups is 1. The molecule has 1 fully saturated rings. The van der Waals surface area contributed by atoms with Crippen molar-refractivity contribution in [2.75, 3.05) is 46.9 Å². The van der Waals surface area contributed by atoms with Crippen molar-refractivity contribution < 1.29 is 22.8 Å². The van der Waals surface area contributed by atoms with Gasteiger partial charge in [-0.1, -0.05) is 12.1 Å². The molecule has 1 aromatic carbocycles. The molecule has 7 nitrogen and oxygen atoms in total. The minimum atomic E-state index is -3.63. The van der Waals surface area contributed by atoms with Crippen molar-refractivity contribution in [3.05, 3.63) is 52.2 Å². The highest BCUT2D eigenvalue weighted by atomic mass is 32.2. The summed E-state index contributed by atoms with van der Waals surface area (Å²) >= 11 is 1.66. The number of ether oxygens (including phenoxy) is 1. The van der Waals surface area contributed by atoms with Crippen LogP contribution < -0.4 is 10.2 Å². The smallest absolute Gasteiger partial charge is 0.251 e. The fourth-order valence-electron chi connectivity index (χ4n) is 3.11. The molecule has 1 aliphatic heterocycles. The molecule has 0 unspecified atom stereocenters. The number of morpholine rings is 1. The number of amides is 1. The lowest BCUT2D eigenvalue weighted by Crippen LogP contribution is -3.06. The van der Waals surface area contributed by atoms with Gasteiger partial charge in [0.25, 0.3) is 5.91 Å². The standard InChI is InChI=1S/C19H25N3O4S2/c1-21(2)17(18-7-4-12-27-18)14-20-19(23)15-5-3-6-16(13-15)28(24,25)22-8-10-26-11-9-22/h3-7,12-13,17H,8-11,14H2,1-2H3,(H,20,23)/p+1/t17-/m1/s1. The molecule has 2 heterocycles. The minimum absolute atomic E-state index is 0.134. The first-order valence-electron chi connectivity index (χ1n) is 9.19. The number of sulfonamides is 1. The van der Waals surface area contributed by atoms with Gasteiger partial charge in [-0.05, 0) is 29.6 Å². The number of quaternary nitrogens is 1. The lowest BCUT2D eigenvalue weighted by atomic mass is 10.2. The van der Waals surface area contributed by atoms with Gasteiger partial charge < -0.3 is 15.0 Å². The molecule has 0 radical (unpaired) electrons. The quantitative estimate of drug-likeness (QED) is 0.674. The number of rotatable bonds is 7. The summed E-state index contributed by atoms with van der Waals surface area (Å²) < 4.78 is 32.2. The van der Waals surface area contributed by atoms with Crippen LogP contribution >= 0.6 is 11.3 Å². The van der Waals surface area contributed by atoms with Crippen molar-refractivity contribution in [3.8, 4) is 0 Å². The largest absolute Gasteiger partial charge is 0.379 e. The fourth-order valence-corrected chi connectivity index (χ4v) is 5.52. The van der Waals surface area contributed by atoms with Crippen molar-refractivity contribution in [2.24, 2.45) is 0 Å². The van der Waals surface area contributed by atoms with E-state index in [0.717, 1.165) is 0 Å². The Labute approximate surface area is 170 Å². The predicted molar refractivity (Wildman–Crippen MR) is 108 cm³/mol. The van der Waals surface area contributed by atoms with Gasteiger partial charge in [0, 0.05) is 18.7 Å². The van der Waals surface area contributed by atoms with Crippen molar-refractivity contribution >= 4 is 27.3 Å². The molecule has 2 aromatic rings. The Morgan fingerprint density at radius 3 is 2.64 bits per heavy atom. The highest BCUT2D eigenvalue weighted by molar-refractivity contribution is 7.89. The van der Waals surface area contributed by atoms with Gasteiger partial charge in [0.05, 0.1) is 43.6 Å². The number of thiophene rings is 1. The molecular weight excluding hydrogens is 398 g/mol. The Morgan fingerprint density at radius 2 is 2.00 bits per heavy atom. The van der Waals surface area contributed by atoms with Crippen LogP contribution in [-0.4, -0.2) is 65.6 Å². The summed E-state index contributed by atoms with van der Waals surface area (Å²) in [5, 5.41) is 4.97. The molecule has 152 valence electrons. The summed E-state index contributed by atoms with van der Waals surface area (Å²) in [6, 6.07) is 10.4. The molecule has 0 bridgehead atoms. The van der Waals surface area contributed by atoms with Gasteiger partial charge in [0.15, 0.2) is 0 Å². The molecule has 9 heteroatoms. The molecule has 2 N–H and O–H groups in total. The normalized spacial score (nSPS) is 16.8. The third kappa shape index (κ3) is 4.79. The first kappa shape index (κ1) is 20.9. The zero-order valence-corrected chi connectivity index (χ0v) is 17.7. The molecule has 1 saturated heterocycles. The van der Waals surface area contributed by atoms with Gasteiger partial charge in [0.2, 0.25) is 10.0 Å². The van der Waals surface area contributed by atoms with E-state index < -0.39 is 10.0 Å². The van der Waals surface area contributed by atoms with E-state index >= 15 is 0 Å². The maximum atomic E-state index is 12.8. The Kier molecular flexibility index (Phi) is 6.84. The lowest BCUT2D eigenvalue weighted by molar-refractivity contribution is -0.890. The monoisotopic (exact) mass is 424 g/mol. The zero-order valence-electron chi connectivity index (χ0n) is 16.1. The van der Waals surface area contributed by atoms with Gasteiger partial charge in [-0.15, -0.1) is 11.3 Å². The molecule has 0 aliphatic carbocycles. The molecule has 1 aromatic heterocycles. The number of likely N-dealkylation sites (N-methyl/N-ethyl adjacent to an activating group) is 1. The van der Waals surface area contributed by atoms with Crippen LogP contribution in [0.15, 0.2) is 46.7 Å². The first-order chi connectivity index (χ1) is 13.4. The highest BCUT2D eigenvalue weighted by Crippen LogP contribution is 2.19. The van der Waals surface area contributed by atoms with E-state index in [-0.39, 0.29) is 16.8 Å². The van der Waals surface area contributed by atoms with Crippen LogP contribution in [0.1, 0.15) is 21.3 Å². The Hall–Kier alpha value is -1.78. The van der Waals surface area contributed by atoms with Gasteiger partial charge in [-0.25, -0.2) is 8.42 Å². The summed E-state index contributed by atoms with van der Waals surface area (Å²) in [5.41, 5.74) is 0.341. The van der Waals surface area contributed by atoms with E-state index in [1.54, 1.807) is 23.5 Å². The van der Waals surface area contributed by atoms with E-state index in [9.17, 15) is 13.2 Å². The van der Waals surface area contributed by atoms with Gasteiger partial charge in [-0.2, -0.15) is 4.31 Å². The molecule has 0 spiro atoms. The maximum Gasteiger partial charge on any atom is 0.251 e. The van der Waals surface area contributed by atoms with E-state index in [1.807, 2.05) is 25.5 Å². The second-order valence-electron chi connectivity index (χ2n) is 6.90. The Bertz CT molecular complexity index is 892. The van der Waals surface area contributed by atoms with Crippen molar-refractivity contribution in [1.82, 2.24) is 9.62 Å². The number of hydrogen-bond acceptors (Lipinski definition) is 5. The van der Waals surface area contributed by atoms with Crippen LogP contribution in [0.2, 0.25) is 0 Å². The van der Waals surface area contributed by atoms with Crippen molar-refractivity contribution in [3.63, 3.8) is 0 Å². The highest BCUT2D eigenvalue weighted by Gasteiger charge is 2.27. The molecular formula is C19H26N3O4S2+. The van der Waals surface area contributed by atoms with Crippen LogP contribution in [0.5, 0.6) is 0 Å². The number of hydrogen-bond donors (Lipinski definition) is 2. The van der Waals surface area contributed by atoms with Gasteiger partial charge in [0.1, 0.15) is 6.04 Å². The average Bonchev–Trinajstić information content (AvgIpc) is 3.23. The third-order valence-electron chi connectivity index (χ3n) is 4.75. The SMILES string of the molecule is C[NH+](C)[C@H](CNC(=O)c1cccc(S(=O)(=O)N2CCOCC2)c1)c1cccs1. The molecule has 3 rings (SSSR count). The Morgan fingerprint density at radius 1 is 1.25 bits per heavy atom. The minimum Gasteiger partial charge on any atom is -0.379 e. The second kappa shape index (κ2) is 9.15. The average molecular weight is 425 g/mol.